The minimum absolute atomic E-state index is 0.0698. The van der Waals surface area contributed by atoms with Crippen LogP contribution in [0.15, 0.2) is 83.3 Å². The summed E-state index contributed by atoms with van der Waals surface area (Å²) < 4.78 is 10.7. The average molecular weight is 475 g/mol. The van der Waals surface area contributed by atoms with Crippen molar-refractivity contribution in [3.05, 3.63) is 95.0 Å². The first kappa shape index (κ1) is 22.8. The SMILES string of the molecule is COc1ccc(-c2nnc(NC(=O)c3ccccc3NC(=O)/C=C/c3ccc(Cl)cc3)o2)cc1. The maximum atomic E-state index is 12.8. The largest absolute Gasteiger partial charge is 0.497 e. The van der Waals surface area contributed by atoms with E-state index in [2.05, 4.69) is 20.8 Å². The van der Waals surface area contributed by atoms with Gasteiger partial charge in [0.05, 0.1) is 18.4 Å². The zero-order valence-corrected chi connectivity index (χ0v) is 18.7. The molecule has 0 unspecified atom stereocenters. The van der Waals surface area contributed by atoms with E-state index in [1.165, 1.54) is 6.08 Å². The lowest BCUT2D eigenvalue weighted by Gasteiger charge is -2.08. The molecule has 1 heterocycles. The van der Waals surface area contributed by atoms with E-state index in [0.717, 1.165) is 5.56 Å². The summed E-state index contributed by atoms with van der Waals surface area (Å²) >= 11 is 5.87. The fourth-order valence-corrected chi connectivity index (χ4v) is 3.12. The lowest BCUT2D eigenvalue weighted by molar-refractivity contribution is -0.111. The first-order valence-corrected chi connectivity index (χ1v) is 10.5. The van der Waals surface area contributed by atoms with Crippen molar-refractivity contribution in [2.45, 2.75) is 0 Å². The van der Waals surface area contributed by atoms with Gasteiger partial charge in [0.2, 0.25) is 11.8 Å². The van der Waals surface area contributed by atoms with Gasteiger partial charge in [0.15, 0.2) is 0 Å². The van der Waals surface area contributed by atoms with Gasteiger partial charge in [-0.05, 0) is 60.2 Å². The van der Waals surface area contributed by atoms with Crippen molar-refractivity contribution in [3.8, 4) is 17.2 Å². The van der Waals surface area contributed by atoms with Crippen LogP contribution in [0.3, 0.4) is 0 Å². The number of nitrogens with one attached hydrogen (secondary N) is 2. The molecule has 2 amide bonds. The van der Waals surface area contributed by atoms with E-state index in [4.69, 9.17) is 20.8 Å². The molecule has 0 atom stereocenters. The van der Waals surface area contributed by atoms with E-state index in [-0.39, 0.29) is 17.5 Å². The first-order valence-electron chi connectivity index (χ1n) is 10.1. The molecule has 0 saturated carbocycles. The van der Waals surface area contributed by atoms with Crippen molar-refractivity contribution in [2.75, 3.05) is 17.7 Å². The standard InChI is InChI=1S/C25H19ClN4O4/c1-33-19-13-9-17(10-14-19)24-29-30-25(34-24)28-23(32)20-4-2-3-5-21(20)27-22(31)15-8-16-6-11-18(26)12-7-16/h2-15H,1H3,(H,27,31)(H,28,30,32)/b15-8+. The summed E-state index contributed by atoms with van der Waals surface area (Å²) in [5.74, 6) is 0.0302. The second-order valence-electron chi connectivity index (χ2n) is 7.01. The molecule has 2 N–H and O–H groups in total. The van der Waals surface area contributed by atoms with Gasteiger partial charge in [-0.25, -0.2) is 0 Å². The monoisotopic (exact) mass is 474 g/mol. The summed E-state index contributed by atoms with van der Waals surface area (Å²) in [4.78, 5) is 25.2. The maximum Gasteiger partial charge on any atom is 0.322 e. The van der Waals surface area contributed by atoms with Crippen LogP contribution in [0, 0.1) is 0 Å². The van der Waals surface area contributed by atoms with Crippen LogP contribution >= 0.6 is 11.6 Å². The summed E-state index contributed by atoms with van der Waals surface area (Å²) in [6.45, 7) is 0. The highest BCUT2D eigenvalue weighted by molar-refractivity contribution is 6.30. The number of rotatable bonds is 7. The van der Waals surface area contributed by atoms with Crippen molar-refractivity contribution in [2.24, 2.45) is 0 Å². The third-order valence-electron chi connectivity index (χ3n) is 4.71. The smallest absolute Gasteiger partial charge is 0.322 e. The number of carbonyl (C=O) groups is 2. The van der Waals surface area contributed by atoms with Gasteiger partial charge in [0.1, 0.15) is 5.75 Å². The molecule has 9 heteroatoms. The molecule has 0 aliphatic carbocycles. The number of aromatic nitrogens is 2. The van der Waals surface area contributed by atoms with Gasteiger partial charge in [0.25, 0.3) is 5.91 Å². The zero-order chi connectivity index (χ0) is 23.9. The molecule has 0 fully saturated rings. The van der Waals surface area contributed by atoms with E-state index < -0.39 is 11.8 Å². The van der Waals surface area contributed by atoms with Gasteiger partial charge >= 0.3 is 6.01 Å². The van der Waals surface area contributed by atoms with Gasteiger partial charge in [-0.3, -0.25) is 14.9 Å². The summed E-state index contributed by atoms with van der Waals surface area (Å²) in [5.41, 5.74) is 2.06. The normalized spacial score (nSPS) is 10.8. The Morgan fingerprint density at radius 1 is 0.941 bits per heavy atom. The Morgan fingerprint density at radius 3 is 2.41 bits per heavy atom. The molecule has 1 aromatic heterocycles. The van der Waals surface area contributed by atoms with E-state index in [0.29, 0.717) is 22.0 Å². The first-order chi connectivity index (χ1) is 16.5. The van der Waals surface area contributed by atoms with Gasteiger partial charge in [-0.15, -0.1) is 5.10 Å². The quantitative estimate of drug-likeness (QED) is 0.352. The number of amides is 2. The number of anilines is 2. The van der Waals surface area contributed by atoms with Crippen molar-refractivity contribution >= 4 is 41.2 Å². The third-order valence-corrected chi connectivity index (χ3v) is 4.96. The number of methoxy groups -OCH3 is 1. The summed E-state index contributed by atoms with van der Waals surface area (Å²) in [6, 6.07) is 20.6. The fourth-order valence-electron chi connectivity index (χ4n) is 3.00. The molecule has 0 aliphatic rings. The maximum absolute atomic E-state index is 12.8. The van der Waals surface area contributed by atoms with Crippen LogP contribution in [0.1, 0.15) is 15.9 Å². The number of ether oxygens (including phenoxy) is 1. The van der Waals surface area contributed by atoms with Crippen LogP contribution < -0.4 is 15.4 Å². The van der Waals surface area contributed by atoms with Crippen LogP contribution in [0.25, 0.3) is 17.5 Å². The van der Waals surface area contributed by atoms with Crippen LogP contribution in [0.4, 0.5) is 11.7 Å². The Balaban J connectivity index is 1.43. The topological polar surface area (TPSA) is 106 Å². The van der Waals surface area contributed by atoms with Gasteiger partial charge < -0.3 is 14.5 Å². The Labute approximate surface area is 200 Å². The number of carbonyl (C=O) groups excluding carboxylic acids is 2. The van der Waals surface area contributed by atoms with Crippen LogP contribution in [0.2, 0.25) is 5.02 Å². The van der Waals surface area contributed by atoms with E-state index >= 15 is 0 Å². The molecule has 0 aliphatic heterocycles. The van der Waals surface area contributed by atoms with E-state index in [1.54, 1.807) is 86.0 Å². The fraction of sp³-hybridized carbons (Fsp3) is 0.0400. The molecule has 4 rings (SSSR count). The van der Waals surface area contributed by atoms with Crippen molar-refractivity contribution < 1.29 is 18.7 Å². The number of para-hydroxylation sites is 1. The van der Waals surface area contributed by atoms with Crippen LogP contribution in [0.5, 0.6) is 5.75 Å². The molecule has 4 aromatic rings. The Morgan fingerprint density at radius 2 is 1.68 bits per heavy atom. The molecule has 0 spiro atoms. The Kier molecular flexibility index (Phi) is 7.00. The number of nitrogens with zero attached hydrogens (tertiary/aromatic N) is 2. The number of hydrogen-bond donors (Lipinski definition) is 2. The molecule has 3 aromatic carbocycles. The van der Waals surface area contributed by atoms with Crippen LogP contribution in [-0.2, 0) is 4.79 Å². The second kappa shape index (κ2) is 10.5. The van der Waals surface area contributed by atoms with Crippen molar-refractivity contribution in [3.63, 3.8) is 0 Å². The Bertz CT molecular complexity index is 1330. The zero-order valence-electron chi connectivity index (χ0n) is 18.0. The number of benzene rings is 3. The minimum Gasteiger partial charge on any atom is -0.497 e. The highest BCUT2D eigenvalue weighted by Crippen LogP contribution is 2.23. The number of halogens is 1. The predicted octanol–water partition coefficient (Wildman–Crippen LogP) is 5.30. The molecule has 0 bridgehead atoms. The average Bonchev–Trinajstić information content (AvgIpc) is 3.32. The second-order valence-corrected chi connectivity index (χ2v) is 7.45. The summed E-state index contributed by atoms with van der Waals surface area (Å²) in [5, 5.41) is 13.7. The molecule has 34 heavy (non-hydrogen) atoms. The number of hydrogen-bond acceptors (Lipinski definition) is 6. The molecule has 0 saturated heterocycles. The summed E-state index contributed by atoms with van der Waals surface area (Å²) in [6.07, 6.45) is 3.02. The predicted molar refractivity (Wildman–Crippen MR) is 130 cm³/mol. The lowest BCUT2D eigenvalue weighted by Crippen LogP contribution is -2.17. The van der Waals surface area contributed by atoms with Gasteiger partial charge in [0, 0.05) is 16.7 Å². The highest BCUT2D eigenvalue weighted by Gasteiger charge is 2.16. The van der Waals surface area contributed by atoms with Crippen LogP contribution in [-0.4, -0.2) is 29.1 Å². The summed E-state index contributed by atoms with van der Waals surface area (Å²) in [7, 11) is 1.57. The van der Waals surface area contributed by atoms with Crippen molar-refractivity contribution in [1.82, 2.24) is 10.2 Å². The Hall–Kier alpha value is -4.43. The molecule has 0 radical (unpaired) electrons. The van der Waals surface area contributed by atoms with Crippen molar-refractivity contribution in [1.29, 1.82) is 0 Å². The third kappa shape index (κ3) is 5.67. The van der Waals surface area contributed by atoms with E-state index in [9.17, 15) is 9.59 Å². The highest BCUT2D eigenvalue weighted by atomic mass is 35.5. The van der Waals surface area contributed by atoms with Gasteiger partial charge in [-0.2, -0.15) is 0 Å². The lowest BCUT2D eigenvalue weighted by atomic mass is 10.1. The molecular weight excluding hydrogens is 456 g/mol. The minimum atomic E-state index is -0.512. The molecule has 170 valence electrons. The van der Waals surface area contributed by atoms with Gasteiger partial charge in [-0.1, -0.05) is 41.0 Å². The van der Waals surface area contributed by atoms with E-state index in [1.807, 2.05) is 0 Å². The molecule has 8 nitrogen and oxygen atoms in total. The molecular formula is C25H19ClN4O4.